The molecule has 0 radical (unpaired) electrons. The molecular formula is C17H29NOS. The third kappa shape index (κ3) is 6.78. The van der Waals surface area contributed by atoms with Crippen LogP contribution in [-0.4, -0.2) is 30.2 Å². The molecule has 0 fully saturated rings. The molecule has 0 saturated carbocycles. The highest BCUT2D eigenvalue weighted by molar-refractivity contribution is 7.98. The molecule has 114 valence electrons. The highest BCUT2D eigenvalue weighted by atomic mass is 32.2. The molecule has 3 heteroatoms. The van der Waals surface area contributed by atoms with Crippen LogP contribution in [0.3, 0.4) is 0 Å². The Balaban J connectivity index is 2.37. The fraction of sp³-hybridized carbons (Fsp3) is 0.647. The normalized spacial score (nSPS) is 14.5. The summed E-state index contributed by atoms with van der Waals surface area (Å²) in [6, 6.07) is 8.37. The van der Waals surface area contributed by atoms with E-state index in [0.717, 1.165) is 24.3 Å². The van der Waals surface area contributed by atoms with Gasteiger partial charge in [0.25, 0.3) is 0 Å². The SMILES string of the molecule is CSCC(C)CNCC(O)c1ccc(CC(C)C)cc1. The van der Waals surface area contributed by atoms with Gasteiger partial charge in [-0.25, -0.2) is 0 Å². The van der Waals surface area contributed by atoms with Gasteiger partial charge in [-0.1, -0.05) is 45.0 Å². The number of rotatable bonds is 9. The molecule has 2 atom stereocenters. The summed E-state index contributed by atoms with van der Waals surface area (Å²) in [4.78, 5) is 0. The number of benzene rings is 1. The second kappa shape index (κ2) is 9.43. The Labute approximate surface area is 128 Å². The minimum absolute atomic E-state index is 0.412. The molecule has 2 nitrogen and oxygen atoms in total. The fourth-order valence-corrected chi connectivity index (χ4v) is 2.96. The van der Waals surface area contributed by atoms with Gasteiger partial charge < -0.3 is 10.4 Å². The molecule has 20 heavy (non-hydrogen) atoms. The van der Waals surface area contributed by atoms with Crippen LogP contribution in [-0.2, 0) is 6.42 Å². The molecule has 2 unspecified atom stereocenters. The predicted octanol–water partition coefficient (Wildman–Crippen LogP) is 3.51. The van der Waals surface area contributed by atoms with Crippen molar-refractivity contribution in [2.75, 3.05) is 25.1 Å². The average Bonchev–Trinajstić information content (AvgIpc) is 2.39. The maximum atomic E-state index is 10.2. The van der Waals surface area contributed by atoms with Gasteiger partial charge >= 0.3 is 0 Å². The van der Waals surface area contributed by atoms with Crippen molar-refractivity contribution in [1.82, 2.24) is 5.32 Å². The van der Waals surface area contributed by atoms with Crippen molar-refractivity contribution in [3.05, 3.63) is 35.4 Å². The van der Waals surface area contributed by atoms with Crippen LogP contribution in [0, 0.1) is 11.8 Å². The van der Waals surface area contributed by atoms with Gasteiger partial charge in [0, 0.05) is 6.54 Å². The Kier molecular flexibility index (Phi) is 8.27. The van der Waals surface area contributed by atoms with E-state index in [1.54, 1.807) is 0 Å². The topological polar surface area (TPSA) is 32.3 Å². The van der Waals surface area contributed by atoms with Crippen molar-refractivity contribution < 1.29 is 5.11 Å². The lowest BCUT2D eigenvalue weighted by Crippen LogP contribution is -2.27. The third-order valence-corrected chi connectivity index (χ3v) is 4.19. The maximum Gasteiger partial charge on any atom is 0.0914 e. The zero-order valence-electron chi connectivity index (χ0n) is 13.2. The first-order valence-electron chi connectivity index (χ1n) is 7.49. The van der Waals surface area contributed by atoms with E-state index in [9.17, 15) is 5.11 Å². The molecule has 0 aliphatic heterocycles. The highest BCUT2D eigenvalue weighted by Gasteiger charge is 2.08. The van der Waals surface area contributed by atoms with Gasteiger partial charge in [-0.05, 0) is 47.9 Å². The van der Waals surface area contributed by atoms with Gasteiger partial charge in [0.1, 0.15) is 0 Å². The molecule has 0 saturated heterocycles. The summed E-state index contributed by atoms with van der Waals surface area (Å²) in [6.45, 7) is 8.27. The number of hydrogen-bond donors (Lipinski definition) is 2. The van der Waals surface area contributed by atoms with Crippen LogP contribution in [0.1, 0.15) is 38.0 Å². The summed E-state index contributed by atoms with van der Waals surface area (Å²) >= 11 is 1.87. The van der Waals surface area contributed by atoms with Crippen molar-refractivity contribution in [2.24, 2.45) is 11.8 Å². The van der Waals surface area contributed by atoms with Gasteiger partial charge in [-0.2, -0.15) is 11.8 Å². The Morgan fingerprint density at radius 3 is 2.30 bits per heavy atom. The van der Waals surface area contributed by atoms with E-state index in [1.165, 1.54) is 5.56 Å². The molecule has 0 aliphatic rings. The van der Waals surface area contributed by atoms with Crippen molar-refractivity contribution in [2.45, 2.75) is 33.3 Å². The lowest BCUT2D eigenvalue weighted by atomic mass is 10.0. The minimum Gasteiger partial charge on any atom is -0.387 e. The minimum atomic E-state index is -0.412. The average molecular weight is 295 g/mol. The maximum absolute atomic E-state index is 10.2. The number of nitrogens with one attached hydrogen (secondary N) is 1. The summed E-state index contributed by atoms with van der Waals surface area (Å²) < 4.78 is 0. The second-order valence-electron chi connectivity index (χ2n) is 6.07. The summed E-state index contributed by atoms with van der Waals surface area (Å²) in [5, 5.41) is 13.5. The summed E-state index contributed by atoms with van der Waals surface area (Å²) in [5.74, 6) is 2.48. The molecule has 0 heterocycles. The van der Waals surface area contributed by atoms with Crippen molar-refractivity contribution >= 4 is 11.8 Å². The van der Waals surface area contributed by atoms with Gasteiger partial charge in [0.05, 0.1) is 6.10 Å². The molecule has 0 aliphatic carbocycles. The van der Waals surface area contributed by atoms with Crippen LogP contribution in [0.4, 0.5) is 0 Å². The number of hydrogen-bond acceptors (Lipinski definition) is 3. The van der Waals surface area contributed by atoms with Crippen LogP contribution >= 0.6 is 11.8 Å². The zero-order chi connectivity index (χ0) is 15.0. The zero-order valence-corrected chi connectivity index (χ0v) is 14.0. The lowest BCUT2D eigenvalue weighted by molar-refractivity contribution is 0.173. The summed E-state index contributed by atoms with van der Waals surface area (Å²) in [5.41, 5.74) is 2.35. The Morgan fingerprint density at radius 2 is 1.75 bits per heavy atom. The van der Waals surface area contributed by atoms with Crippen LogP contribution in [0.5, 0.6) is 0 Å². The van der Waals surface area contributed by atoms with Crippen LogP contribution in [0.15, 0.2) is 24.3 Å². The van der Waals surface area contributed by atoms with E-state index >= 15 is 0 Å². The number of thioether (sulfide) groups is 1. The fourth-order valence-electron chi connectivity index (χ4n) is 2.28. The van der Waals surface area contributed by atoms with E-state index in [0.29, 0.717) is 18.4 Å². The molecule has 2 N–H and O–H groups in total. The van der Waals surface area contributed by atoms with Crippen molar-refractivity contribution in [1.29, 1.82) is 0 Å². The van der Waals surface area contributed by atoms with E-state index in [2.05, 4.69) is 56.6 Å². The molecule has 1 aromatic carbocycles. The largest absolute Gasteiger partial charge is 0.387 e. The van der Waals surface area contributed by atoms with Gasteiger partial charge in [0.2, 0.25) is 0 Å². The van der Waals surface area contributed by atoms with E-state index in [4.69, 9.17) is 0 Å². The number of aliphatic hydroxyl groups is 1. The summed E-state index contributed by atoms with van der Waals surface area (Å²) in [6.07, 6.45) is 2.81. The molecule has 1 aromatic rings. The van der Waals surface area contributed by atoms with E-state index < -0.39 is 6.10 Å². The third-order valence-electron chi connectivity index (χ3n) is 3.29. The first kappa shape index (κ1) is 17.5. The number of aliphatic hydroxyl groups excluding tert-OH is 1. The van der Waals surface area contributed by atoms with E-state index in [1.807, 2.05) is 11.8 Å². The smallest absolute Gasteiger partial charge is 0.0914 e. The van der Waals surface area contributed by atoms with Crippen LogP contribution in [0.2, 0.25) is 0 Å². The molecule has 0 aromatic heterocycles. The second-order valence-corrected chi connectivity index (χ2v) is 6.98. The first-order valence-corrected chi connectivity index (χ1v) is 8.88. The van der Waals surface area contributed by atoms with Crippen molar-refractivity contribution in [3.8, 4) is 0 Å². The van der Waals surface area contributed by atoms with E-state index in [-0.39, 0.29) is 0 Å². The molecule has 0 amide bonds. The van der Waals surface area contributed by atoms with Gasteiger partial charge in [0.15, 0.2) is 0 Å². The van der Waals surface area contributed by atoms with Crippen LogP contribution in [0.25, 0.3) is 0 Å². The Hall–Kier alpha value is -0.510. The Morgan fingerprint density at radius 1 is 1.10 bits per heavy atom. The van der Waals surface area contributed by atoms with Crippen molar-refractivity contribution in [3.63, 3.8) is 0 Å². The first-order chi connectivity index (χ1) is 9.52. The van der Waals surface area contributed by atoms with Gasteiger partial charge in [-0.15, -0.1) is 0 Å². The van der Waals surface area contributed by atoms with Crippen LogP contribution < -0.4 is 5.32 Å². The monoisotopic (exact) mass is 295 g/mol. The quantitative estimate of drug-likeness (QED) is 0.731. The molecular weight excluding hydrogens is 266 g/mol. The summed E-state index contributed by atoms with van der Waals surface area (Å²) in [7, 11) is 0. The highest BCUT2D eigenvalue weighted by Crippen LogP contribution is 2.15. The lowest BCUT2D eigenvalue weighted by Gasteiger charge is -2.15. The standard InChI is InChI=1S/C17H29NOS/c1-13(2)9-15-5-7-16(8-6-15)17(19)11-18-10-14(3)12-20-4/h5-8,13-14,17-19H,9-12H2,1-4H3. The molecule has 0 bridgehead atoms. The predicted molar refractivity (Wildman–Crippen MR) is 90.4 cm³/mol. The Bertz CT molecular complexity index is 364. The van der Waals surface area contributed by atoms with Gasteiger partial charge in [-0.3, -0.25) is 0 Å². The molecule has 0 spiro atoms. The molecule has 1 rings (SSSR count).